The molecule has 0 saturated heterocycles. The number of hydrogen-bond donors (Lipinski definition) is 0. The summed E-state index contributed by atoms with van der Waals surface area (Å²) in [7, 11) is -0.109. The summed E-state index contributed by atoms with van der Waals surface area (Å²) in [6.45, 7) is 5.43. The van der Waals surface area contributed by atoms with E-state index in [1.807, 2.05) is 0 Å². The van der Waals surface area contributed by atoms with E-state index in [0.29, 0.717) is 0 Å². The van der Waals surface area contributed by atoms with E-state index in [-0.39, 0.29) is 9.76 Å². The highest BCUT2D eigenvalue weighted by Crippen LogP contribution is 1.90. The molecule has 0 aromatic rings. The number of hydrogen-bond acceptors (Lipinski definition) is 1. The van der Waals surface area contributed by atoms with Crippen LogP contribution in [0.5, 0.6) is 0 Å². The second-order valence-electron chi connectivity index (χ2n) is 2.32. The highest BCUT2D eigenvalue weighted by Gasteiger charge is 1.85. The number of rotatable bonds is 6. The summed E-state index contributed by atoms with van der Waals surface area (Å²) in [5.41, 5.74) is 0. The van der Waals surface area contributed by atoms with Crippen molar-refractivity contribution in [3.63, 3.8) is 0 Å². The summed E-state index contributed by atoms with van der Waals surface area (Å²) < 4.78 is 5.45. The zero-order chi connectivity index (χ0) is 6.95. The molecule has 0 fully saturated rings. The molecule has 0 bridgehead atoms. The molecule has 0 radical (unpaired) electrons. The maximum Gasteiger partial charge on any atom is 0.161 e. The van der Waals surface area contributed by atoms with E-state index in [0.717, 1.165) is 6.61 Å². The van der Waals surface area contributed by atoms with Crippen LogP contribution in [0.4, 0.5) is 0 Å². The molecule has 0 rings (SSSR count). The first kappa shape index (κ1) is 9.18. The number of unbranched alkanes of at least 4 members (excludes halogenated alkanes) is 1. The van der Waals surface area contributed by atoms with E-state index in [2.05, 4.69) is 13.8 Å². The van der Waals surface area contributed by atoms with Crippen molar-refractivity contribution in [2.24, 2.45) is 0 Å². The Morgan fingerprint density at radius 1 is 1.22 bits per heavy atom. The summed E-state index contributed by atoms with van der Waals surface area (Å²) in [6.07, 6.45) is 3.82. The van der Waals surface area contributed by atoms with E-state index < -0.39 is 0 Å². The van der Waals surface area contributed by atoms with E-state index in [9.17, 15) is 0 Å². The van der Waals surface area contributed by atoms with Crippen molar-refractivity contribution in [3.05, 3.63) is 0 Å². The predicted molar refractivity (Wildman–Crippen MR) is 44.5 cm³/mol. The van der Waals surface area contributed by atoms with E-state index >= 15 is 0 Å². The molecule has 0 aromatic heterocycles. The molecule has 56 valence electrons. The van der Waals surface area contributed by atoms with E-state index in [1.54, 1.807) is 0 Å². The van der Waals surface area contributed by atoms with Gasteiger partial charge in [0.15, 0.2) is 9.76 Å². The van der Waals surface area contributed by atoms with Crippen molar-refractivity contribution in [2.45, 2.75) is 39.2 Å². The minimum atomic E-state index is -0.109. The van der Waals surface area contributed by atoms with Gasteiger partial charge in [-0.1, -0.05) is 26.7 Å². The molecule has 0 heterocycles. The minimum Gasteiger partial charge on any atom is -0.424 e. The first-order valence-corrected chi connectivity index (χ1v) is 5.57. The van der Waals surface area contributed by atoms with Gasteiger partial charge in [0, 0.05) is 6.61 Å². The molecule has 0 aliphatic rings. The van der Waals surface area contributed by atoms with Crippen LogP contribution in [0, 0.1) is 0 Å². The fourth-order valence-electron chi connectivity index (χ4n) is 0.595. The smallest absolute Gasteiger partial charge is 0.161 e. The molecule has 0 spiro atoms. The van der Waals surface area contributed by atoms with Crippen LogP contribution >= 0.6 is 0 Å². The molecule has 0 unspecified atom stereocenters. The third-order valence-electron chi connectivity index (χ3n) is 1.28. The van der Waals surface area contributed by atoms with E-state index in [4.69, 9.17) is 4.43 Å². The average Bonchev–Trinajstić information content (AvgIpc) is 1.89. The average molecular weight is 146 g/mol. The SMILES string of the molecule is CCCCO[SiH2]CCC. The van der Waals surface area contributed by atoms with Gasteiger partial charge in [0.25, 0.3) is 0 Å². The molecule has 2 heteroatoms. The molecule has 0 atom stereocenters. The molecule has 0 aromatic carbocycles. The minimum absolute atomic E-state index is 0.109. The fourth-order valence-corrected chi connectivity index (χ4v) is 1.50. The predicted octanol–water partition coefficient (Wildman–Crippen LogP) is 1.72. The summed E-state index contributed by atoms with van der Waals surface area (Å²) in [4.78, 5) is 0. The molecule has 1 nitrogen and oxygen atoms in total. The zero-order valence-electron chi connectivity index (χ0n) is 6.65. The van der Waals surface area contributed by atoms with Gasteiger partial charge in [0.2, 0.25) is 0 Å². The standard InChI is InChI=1S/C7H18OSi/c1-3-5-6-8-9-7-4-2/h3-7,9H2,1-2H3. The second kappa shape index (κ2) is 8.18. The largest absolute Gasteiger partial charge is 0.424 e. The Hall–Kier alpha value is 0.177. The topological polar surface area (TPSA) is 9.23 Å². The van der Waals surface area contributed by atoms with Crippen LogP contribution < -0.4 is 0 Å². The van der Waals surface area contributed by atoms with Crippen molar-refractivity contribution in [3.8, 4) is 0 Å². The lowest BCUT2D eigenvalue weighted by atomic mass is 10.4. The van der Waals surface area contributed by atoms with Gasteiger partial charge in [0.05, 0.1) is 0 Å². The Balaban J connectivity index is 2.60. The Kier molecular flexibility index (Phi) is 8.34. The maximum absolute atomic E-state index is 5.45. The molecule has 0 aliphatic heterocycles. The lowest BCUT2D eigenvalue weighted by Gasteiger charge is -1.99. The van der Waals surface area contributed by atoms with Gasteiger partial charge in [-0.25, -0.2) is 0 Å². The van der Waals surface area contributed by atoms with Gasteiger partial charge in [-0.3, -0.25) is 0 Å². The highest BCUT2D eigenvalue weighted by molar-refractivity contribution is 6.26. The monoisotopic (exact) mass is 146 g/mol. The van der Waals surface area contributed by atoms with Gasteiger partial charge in [-0.15, -0.1) is 0 Å². The molecule has 0 N–H and O–H groups in total. The van der Waals surface area contributed by atoms with Crippen LogP contribution in [0.25, 0.3) is 0 Å². The molecule has 0 saturated carbocycles. The summed E-state index contributed by atoms with van der Waals surface area (Å²) in [5, 5.41) is 0. The molecular formula is C7H18OSi. The first-order valence-electron chi connectivity index (χ1n) is 3.99. The third-order valence-corrected chi connectivity index (χ3v) is 2.86. The summed E-state index contributed by atoms with van der Waals surface area (Å²) in [5.74, 6) is 0. The lowest BCUT2D eigenvalue weighted by molar-refractivity contribution is 0.325. The van der Waals surface area contributed by atoms with Crippen LogP contribution in [0.2, 0.25) is 6.04 Å². The van der Waals surface area contributed by atoms with Crippen molar-refractivity contribution in [1.82, 2.24) is 0 Å². The Bertz CT molecular complexity index is 42.2. The second-order valence-corrected chi connectivity index (χ2v) is 3.84. The Morgan fingerprint density at radius 3 is 2.56 bits per heavy atom. The van der Waals surface area contributed by atoms with Crippen molar-refractivity contribution in [2.75, 3.05) is 6.61 Å². The van der Waals surface area contributed by atoms with Gasteiger partial charge in [0.1, 0.15) is 0 Å². The highest BCUT2D eigenvalue weighted by atomic mass is 28.2. The quantitative estimate of drug-likeness (QED) is 0.409. The van der Waals surface area contributed by atoms with Gasteiger partial charge in [-0.2, -0.15) is 0 Å². The van der Waals surface area contributed by atoms with Gasteiger partial charge >= 0.3 is 0 Å². The van der Waals surface area contributed by atoms with Crippen LogP contribution in [0.3, 0.4) is 0 Å². The molecule has 9 heavy (non-hydrogen) atoms. The molecular weight excluding hydrogens is 128 g/mol. The van der Waals surface area contributed by atoms with Crippen LogP contribution in [-0.4, -0.2) is 16.4 Å². The Labute approximate surface area is 60.7 Å². The maximum atomic E-state index is 5.45. The molecule has 0 amide bonds. The third kappa shape index (κ3) is 8.18. The van der Waals surface area contributed by atoms with Crippen molar-refractivity contribution < 1.29 is 4.43 Å². The normalized spacial score (nSPS) is 11.3. The van der Waals surface area contributed by atoms with Crippen molar-refractivity contribution in [1.29, 1.82) is 0 Å². The van der Waals surface area contributed by atoms with E-state index in [1.165, 1.54) is 25.3 Å². The van der Waals surface area contributed by atoms with Crippen LogP contribution in [-0.2, 0) is 4.43 Å². The Morgan fingerprint density at radius 2 is 2.00 bits per heavy atom. The molecule has 0 aliphatic carbocycles. The van der Waals surface area contributed by atoms with Crippen LogP contribution in [0.1, 0.15) is 33.1 Å². The van der Waals surface area contributed by atoms with Gasteiger partial charge < -0.3 is 4.43 Å². The van der Waals surface area contributed by atoms with Crippen molar-refractivity contribution >= 4 is 9.76 Å². The first-order chi connectivity index (χ1) is 4.41. The zero-order valence-corrected chi connectivity index (χ0v) is 8.07. The summed E-state index contributed by atoms with van der Waals surface area (Å²) >= 11 is 0. The summed E-state index contributed by atoms with van der Waals surface area (Å²) in [6, 6.07) is 1.35. The van der Waals surface area contributed by atoms with Gasteiger partial charge in [-0.05, 0) is 12.5 Å². The lowest BCUT2D eigenvalue weighted by Crippen LogP contribution is -1.98. The van der Waals surface area contributed by atoms with Crippen LogP contribution in [0.15, 0.2) is 0 Å². The fraction of sp³-hybridized carbons (Fsp3) is 1.00.